The van der Waals surface area contributed by atoms with Gasteiger partial charge in [0.15, 0.2) is 0 Å². The SMILES string of the molecule is CC/C(C(=O)OC)=C(\CC)c1ccccc1. The van der Waals surface area contributed by atoms with Crippen LogP contribution >= 0.6 is 0 Å². The van der Waals surface area contributed by atoms with Gasteiger partial charge < -0.3 is 4.74 Å². The minimum atomic E-state index is -0.219. The van der Waals surface area contributed by atoms with Crippen LogP contribution in [0.25, 0.3) is 5.57 Å². The van der Waals surface area contributed by atoms with Gasteiger partial charge in [0, 0.05) is 5.57 Å². The van der Waals surface area contributed by atoms with Gasteiger partial charge >= 0.3 is 5.97 Å². The molecule has 1 rings (SSSR count). The summed E-state index contributed by atoms with van der Waals surface area (Å²) in [5.74, 6) is -0.219. The molecular formula is C14H18O2. The van der Waals surface area contributed by atoms with E-state index in [2.05, 4.69) is 6.92 Å². The summed E-state index contributed by atoms with van der Waals surface area (Å²) in [5, 5.41) is 0. The Morgan fingerprint density at radius 3 is 2.19 bits per heavy atom. The number of methoxy groups -OCH3 is 1. The van der Waals surface area contributed by atoms with E-state index in [4.69, 9.17) is 4.74 Å². The number of rotatable bonds is 4. The van der Waals surface area contributed by atoms with Crippen LogP contribution < -0.4 is 0 Å². The quantitative estimate of drug-likeness (QED) is 0.571. The molecule has 0 spiro atoms. The Bertz CT molecular complexity index is 377. The van der Waals surface area contributed by atoms with Crippen LogP contribution in [0, 0.1) is 0 Å². The smallest absolute Gasteiger partial charge is 0.334 e. The van der Waals surface area contributed by atoms with Gasteiger partial charge in [0.2, 0.25) is 0 Å². The molecule has 0 aromatic heterocycles. The highest BCUT2D eigenvalue weighted by Crippen LogP contribution is 2.24. The number of benzene rings is 1. The van der Waals surface area contributed by atoms with E-state index in [1.165, 1.54) is 7.11 Å². The van der Waals surface area contributed by atoms with E-state index in [-0.39, 0.29) is 5.97 Å². The van der Waals surface area contributed by atoms with Gasteiger partial charge in [0.25, 0.3) is 0 Å². The Kier molecular flexibility index (Phi) is 4.77. The van der Waals surface area contributed by atoms with Crippen LogP contribution in [0.3, 0.4) is 0 Å². The first-order valence-electron chi connectivity index (χ1n) is 5.60. The van der Waals surface area contributed by atoms with Gasteiger partial charge in [-0.3, -0.25) is 0 Å². The Balaban J connectivity index is 3.21. The zero-order valence-electron chi connectivity index (χ0n) is 10.1. The third kappa shape index (κ3) is 2.72. The van der Waals surface area contributed by atoms with E-state index in [9.17, 15) is 4.79 Å². The number of carbonyl (C=O) groups excluding carboxylic acids is 1. The topological polar surface area (TPSA) is 26.3 Å². The standard InChI is InChI=1S/C14H18O2/c1-4-12(11-9-7-6-8-10-11)13(5-2)14(15)16-3/h6-10H,4-5H2,1-3H3/b13-12-. The lowest BCUT2D eigenvalue weighted by Crippen LogP contribution is -2.06. The average molecular weight is 218 g/mol. The summed E-state index contributed by atoms with van der Waals surface area (Å²) in [5.41, 5.74) is 2.96. The van der Waals surface area contributed by atoms with E-state index in [0.717, 1.165) is 23.1 Å². The van der Waals surface area contributed by atoms with E-state index in [1.807, 2.05) is 37.3 Å². The van der Waals surface area contributed by atoms with Crippen molar-refractivity contribution in [3.63, 3.8) is 0 Å². The van der Waals surface area contributed by atoms with Crippen molar-refractivity contribution >= 4 is 11.5 Å². The molecule has 0 aliphatic rings. The van der Waals surface area contributed by atoms with Gasteiger partial charge in [-0.1, -0.05) is 44.2 Å². The molecule has 1 aromatic rings. The molecule has 16 heavy (non-hydrogen) atoms. The van der Waals surface area contributed by atoms with Crippen LogP contribution in [0.2, 0.25) is 0 Å². The van der Waals surface area contributed by atoms with Gasteiger partial charge in [-0.05, 0) is 24.0 Å². The lowest BCUT2D eigenvalue weighted by molar-refractivity contribution is -0.136. The minimum Gasteiger partial charge on any atom is -0.466 e. The van der Waals surface area contributed by atoms with E-state index >= 15 is 0 Å². The molecule has 0 aliphatic heterocycles. The first kappa shape index (κ1) is 12.5. The van der Waals surface area contributed by atoms with Gasteiger partial charge in [0.1, 0.15) is 0 Å². The van der Waals surface area contributed by atoms with Gasteiger partial charge in [-0.25, -0.2) is 4.79 Å². The number of hydrogen-bond acceptors (Lipinski definition) is 2. The molecule has 0 fully saturated rings. The maximum Gasteiger partial charge on any atom is 0.334 e. The van der Waals surface area contributed by atoms with E-state index in [1.54, 1.807) is 0 Å². The minimum absolute atomic E-state index is 0.219. The summed E-state index contributed by atoms with van der Waals surface area (Å²) in [6.45, 7) is 4.03. The second kappa shape index (κ2) is 6.11. The lowest BCUT2D eigenvalue weighted by Gasteiger charge is -2.11. The van der Waals surface area contributed by atoms with Crippen LogP contribution in [-0.4, -0.2) is 13.1 Å². The highest BCUT2D eigenvalue weighted by Gasteiger charge is 2.13. The van der Waals surface area contributed by atoms with Crippen LogP contribution in [0.15, 0.2) is 35.9 Å². The monoisotopic (exact) mass is 218 g/mol. The van der Waals surface area contributed by atoms with Crippen molar-refractivity contribution in [3.05, 3.63) is 41.5 Å². The molecule has 0 radical (unpaired) electrons. The molecule has 0 atom stereocenters. The Morgan fingerprint density at radius 1 is 1.12 bits per heavy atom. The van der Waals surface area contributed by atoms with Crippen LogP contribution in [0.1, 0.15) is 32.3 Å². The largest absolute Gasteiger partial charge is 0.466 e. The van der Waals surface area contributed by atoms with E-state index in [0.29, 0.717) is 6.42 Å². The van der Waals surface area contributed by atoms with Crippen molar-refractivity contribution in [1.82, 2.24) is 0 Å². The number of hydrogen-bond donors (Lipinski definition) is 0. The third-order valence-electron chi connectivity index (χ3n) is 2.63. The van der Waals surface area contributed by atoms with Gasteiger partial charge in [0.05, 0.1) is 7.11 Å². The number of ether oxygens (including phenoxy) is 1. The summed E-state index contributed by atoms with van der Waals surface area (Å²) in [6.07, 6.45) is 1.53. The van der Waals surface area contributed by atoms with Crippen molar-refractivity contribution in [3.8, 4) is 0 Å². The summed E-state index contributed by atoms with van der Waals surface area (Å²) in [4.78, 5) is 11.6. The first-order valence-corrected chi connectivity index (χ1v) is 5.60. The molecule has 0 amide bonds. The zero-order valence-corrected chi connectivity index (χ0v) is 10.1. The van der Waals surface area contributed by atoms with Crippen molar-refractivity contribution in [2.45, 2.75) is 26.7 Å². The summed E-state index contributed by atoms with van der Waals surface area (Å²) >= 11 is 0. The Labute approximate surface area is 96.9 Å². The molecule has 1 aromatic carbocycles. The van der Waals surface area contributed by atoms with Gasteiger partial charge in [-0.2, -0.15) is 0 Å². The Morgan fingerprint density at radius 2 is 1.75 bits per heavy atom. The first-order chi connectivity index (χ1) is 7.74. The summed E-state index contributed by atoms with van der Waals surface area (Å²) in [7, 11) is 1.43. The predicted octanol–water partition coefficient (Wildman–Crippen LogP) is 3.43. The van der Waals surface area contributed by atoms with Crippen LogP contribution in [-0.2, 0) is 9.53 Å². The molecule has 0 saturated heterocycles. The maximum absolute atomic E-state index is 11.6. The van der Waals surface area contributed by atoms with Crippen molar-refractivity contribution < 1.29 is 9.53 Å². The van der Waals surface area contributed by atoms with E-state index < -0.39 is 0 Å². The molecule has 2 heteroatoms. The molecule has 0 aliphatic carbocycles. The summed E-state index contributed by atoms with van der Waals surface area (Å²) < 4.78 is 4.81. The number of carbonyl (C=O) groups is 1. The lowest BCUT2D eigenvalue weighted by atomic mass is 9.96. The van der Waals surface area contributed by atoms with Crippen molar-refractivity contribution in [1.29, 1.82) is 0 Å². The van der Waals surface area contributed by atoms with Gasteiger partial charge in [-0.15, -0.1) is 0 Å². The Hall–Kier alpha value is -1.57. The third-order valence-corrected chi connectivity index (χ3v) is 2.63. The summed E-state index contributed by atoms with van der Waals surface area (Å²) in [6, 6.07) is 9.99. The highest BCUT2D eigenvalue weighted by molar-refractivity contribution is 5.97. The highest BCUT2D eigenvalue weighted by atomic mass is 16.5. The van der Waals surface area contributed by atoms with Crippen molar-refractivity contribution in [2.24, 2.45) is 0 Å². The molecule has 0 bridgehead atoms. The molecule has 0 unspecified atom stereocenters. The van der Waals surface area contributed by atoms with Crippen LogP contribution in [0.5, 0.6) is 0 Å². The molecular weight excluding hydrogens is 200 g/mol. The molecule has 0 heterocycles. The maximum atomic E-state index is 11.6. The molecule has 0 N–H and O–H groups in total. The van der Waals surface area contributed by atoms with Crippen molar-refractivity contribution in [2.75, 3.05) is 7.11 Å². The average Bonchev–Trinajstić information content (AvgIpc) is 2.36. The second-order valence-corrected chi connectivity index (χ2v) is 3.52. The zero-order chi connectivity index (χ0) is 12.0. The normalized spacial score (nSPS) is 11.9. The fraction of sp³-hybridized carbons (Fsp3) is 0.357. The predicted molar refractivity (Wildman–Crippen MR) is 66.0 cm³/mol. The molecule has 2 nitrogen and oxygen atoms in total. The van der Waals surface area contributed by atoms with Crippen LogP contribution in [0.4, 0.5) is 0 Å². The fourth-order valence-electron chi connectivity index (χ4n) is 1.84. The molecule has 86 valence electrons. The number of allylic oxidation sites excluding steroid dienone is 1. The second-order valence-electron chi connectivity index (χ2n) is 3.52. The fourth-order valence-corrected chi connectivity index (χ4v) is 1.84. The number of esters is 1. The molecule has 0 saturated carbocycles.